The van der Waals surface area contributed by atoms with E-state index in [1.54, 1.807) is 25.1 Å². The van der Waals surface area contributed by atoms with E-state index in [2.05, 4.69) is 10.6 Å². The number of carbonyl (C=O) groups is 4. The van der Waals surface area contributed by atoms with Crippen LogP contribution in [0.3, 0.4) is 0 Å². The van der Waals surface area contributed by atoms with E-state index in [1.165, 1.54) is 4.90 Å². The molecule has 0 bridgehead atoms. The zero-order valence-electron chi connectivity index (χ0n) is 11.3. The molecule has 4 amide bonds. The van der Waals surface area contributed by atoms with Gasteiger partial charge in [-0.05, 0) is 30.7 Å². The van der Waals surface area contributed by atoms with Crippen molar-refractivity contribution in [3.05, 3.63) is 29.3 Å². The normalized spacial score (nSPS) is 20.9. The lowest BCUT2D eigenvalue weighted by atomic mass is 10.1. The first-order valence-corrected chi connectivity index (χ1v) is 6.53. The average molecular weight is 287 g/mol. The number of nitrogens with zero attached hydrogens (tertiary/aromatic N) is 1. The molecular weight excluding hydrogens is 274 g/mol. The van der Waals surface area contributed by atoms with E-state index in [1.807, 2.05) is 0 Å². The maximum absolute atomic E-state index is 12.5. The van der Waals surface area contributed by atoms with Gasteiger partial charge in [0.05, 0.1) is 6.42 Å². The number of imide groups is 1. The van der Waals surface area contributed by atoms with Crippen molar-refractivity contribution in [2.24, 2.45) is 0 Å². The maximum Gasteiger partial charge on any atom is 0.255 e. The molecular formula is C14H13N3O4. The highest BCUT2D eigenvalue weighted by Gasteiger charge is 2.34. The molecule has 0 saturated carbocycles. The predicted octanol–water partition coefficient (Wildman–Crippen LogP) is -0.332. The summed E-state index contributed by atoms with van der Waals surface area (Å²) in [5.74, 6) is -1.49. The lowest BCUT2D eigenvalue weighted by molar-refractivity contribution is -0.138. The summed E-state index contributed by atoms with van der Waals surface area (Å²) in [6.07, 6.45) is 0.228. The second kappa shape index (κ2) is 4.69. The van der Waals surface area contributed by atoms with Gasteiger partial charge in [-0.25, -0.2) is 0 Å². The Labute approximate surface area is 120 Å². The minimum atomic E-state index is -0.705. The summed E-state index contributed by atoms with van der Waals surface area (Å²) < 4.78 is 0. The molecule has 0 spiro atoms. The fraction of sp³-hybridized carbons (Fsp3) is 0.286. The van der Waals surface area contributed by atoms with Crippen LogP contribution in [-0.4, -0.2) is 41.1 Å². The molecule has 1 aromatic carbocycles. The van der Waals surface area contributed by atoms with Gasteiger partial charge in [-0.3, -0.25) is 24.5 Å². The highest BCUT2D eigenvalue weighted by Crippen LogP contribution is 2.25. The third-order valence-corrected chi connectivity index (χ3v) is 3.66. The highest BCUT2D eigenvalue weighted by atomic mass is 16.2. The zero-order valence-corrected chi connectivity index (χ0v) is 11.3. The molecule has 2 N–H and O–H groups in total. The van der Waals surface area contributed by atoms with Gasteiger partial charge >= 0.3 is 0 Å². The molecule has 1 saturated heterocycles. The van der Waals surface area contributed by atoms with Crippen LogP contribution in [0, 0.1) is 0 Å². The number of anilines is 1. The van der Waals surface area contributed by atoms with E-state index in [0.717, 1.165) is 5.56 Å². The largest absolute Gasteiger partial charge is 0.326 e. The van der Waals surface area contributed by atoms with E-state index in [-0.39, 0.29) is 18.9 Å². The molecule has 1 fully saturated rings. The van der Waals surface area contributed by atoms with Crippen LogP contribution in [0.4, 0.5) is 5.69 Å². The van der Waals surface area contributed by atoms with E-state index < -0.39 is 23.8 Å². The summed E-state index contributed by atoms with van der Waals surface area (Å²) in [6, 6.07) is 4.16. The molecule has 7 nitrogen and oxygen atoms in total. The van der Waals surface area contributed by atoms with Crippen LogP contribution in [0.5, 0.6) is 0 Å². The van der Waals surface area contributed by atoms with Gasteiger partial charge in [0, 0.05) is 11.3 Å². The van der Waals surface area contributed by atoms with Crippen LogP contribution in [0.2, 0.25) is 0 Å². The van der Waals surface area contributed by atoms with Gasteiger partial charge < -0.3 is 10.2 Å². The van der Waals surface area contributed by atoms with Crippen LogP contribution in [0.25, 0.3) is 0 Å². The lowest BCUT2D eigenvalue weighted by Gasteiger charge is -2.31. The average Bonchev–Trinajstić information content (AvgIpc) is 2.81. The van der Waals surface area contributed by atoms with Crippen molar-refractivity contribution in [3.8, 4) is 0 Å². The minimum Gasteiger partial charge on any atom is -0.326 e. The molecule has 0 aliphatic carbocycles. The third-order valence-electron chi connectivity index (χ3n) is 3.66. The molecule has 1 unspecified atom stereocenters. The molecule has 0 radical (unpaired) electrons. The number of amides is 4. The second-order valence-electron chi connectivity index (χ2n) is 5.12. The Hall–Kier alpha value is -2.70. The Kier molecular flexibility index (Phi) is 2.97. The number of benzene rings is 1. The van der Waals surface area contributed by atoms with Gasteiger partial charge in [0.15, 0.2) is 0 Å². The molecule has 1 aromatic rings. The summed E-state index contributed by atoms with van der Waals surface area (Å²) in [5, 5.41) is 4.87. The van der Waals surface area contributed by atoms with Crippen LogP contribution >= 0.6 is 0 Å². The Morgan fingerprint density at radius 1 is 1.19 bits per heavy atom. The molecule has 108 valence electrons. The van der Waals surface area contributed by atoms with Gasteiger partial charge in [-0.15, -0.1) is 0 Å². The van der Waals surface area contributed by atoms with Crippen molar-refractivity contribution in [1.29, 1.82) is 0 Å². The number of fused-ring (bicyclic) bond motifs is 1. The third kappa shape index (κ3) is 2.26. The first-order valence-electron chi connectivity index (χ1n) is 6.53. The number of carbonyl (C=O) groups excluding carboxylic acids is 4. The highest BCUT2D eigenvalue weighted by molar-refractivity contribution is 6.07. The Morgan fingerprint density at radius 2 is 1.95 bits per heavy atom. The lowest BCUT2D eigenvalue weighted by Crippen LogP contribution is -2.58. The summed E-state index contributed by atoms with van der Waals surface area (Å²) >= 11 is 0. The maximum atomic E-state index is 12.5. The summed E-state index contributed by atoms with van der Waals surface area (Å²) in [5.41, 5.74) is 1.79. The monoisotopic (exact) mass is 287 g/mol. The van der Waals surface area contributed by atoms with E-state index in [0.29, 0.717) is 11.3 Å². The molecule has 2 aliphatic heterocycles. The van der Waals surface area contributed by atoms with Gasteiger partial charge in [0.25, 0.3) is 5.91 Å². The summed E-state index contributed by atoms with van der Waals surface area (Å²) in [4.78, 5) is 48.0. The van der Waals surface area contributed by atoms with Crippen LogP contribution in [0.15, 0.2) is 18.2 Å². The molecule has 1 atom stereocenters. The first kappa shape index (κ1) is 13.3. The van der Waals surface area contributed by atoms with Gasteiger partial charge in [-0.2, -0.15) is 0 Å². The second-order valence-corrected chi connectivity index (χ2v) is 5.12. The van der Waals surface area contributed by atoms with Gasteiger partial charge in [0.1, 0.15) is 12.6 Å². The number of piperazine rings is 1. The fourth-order valence-electron chi connectivity index (χ4n) is 2.49. The Bertz CT molecular complexity index is 683. The van der Waals surface area contributed by atoms with Crippen molar-refractivity contribution in [2.75, 3.05) is 11.9 Å². The van der Waals surface area contributed by atoms with Gasteiger partial charge in [-0.1, -0.05) is 0 Å². The smallest absolute Gasteiger partial charge is 0.255 e. The zero-order chi connectivity index (χ0) is 15.1. The van der Waals surface area contributed by atoms with Crippen molar-refractivity contribution in [1.82, 2.24) is 10.2 Å². The quantitative estimate of drug-likeness (QED) is 0.691. The van der Waals surface area contributed by atoms with E-state index in [4.69, 9.17) is 0 Å². The summed E-state index contributed by atoms with van der Waals surface area (Å²) in [6.45, 7) is 1.41. The van der Waals surface area contributed by atoms with Crippen molar-refractivity contribution < 1.29 is 19.2 Å². The number of rotatable bonds is 1. The topological polar surface area (TPSA) is 95.6 Å². The molecule has 7 heteroatoms. The minimum absolute atomic E-state index is 0.115. The van der Waals surface area contributed by atoms with Crippen LogP contribution in [-0.2, 0) is 20.8 Å². The number of hydrogen-bond donors (Lipinski definition) is 2. The molecule has 0 aromatic heterocycles. The fourth-order valence-corrected chi connectivity index (χ4v) is 2.49. The number of hydrogen-bond acceptors (Lipinski definition) is 4. The predicted molar refractivity (Wildman–Crippen MR) is 72.4 cm³/mol. The standard InChI is InChI=1S/C14H13N3O4/c1-7-13(20)16-12(19)6-17(7)14(21)8-2-3-10-9(4-8)5-11(18)15-10/h2-4,7H,5-6H2,1H3,(H,15,18)(H,16,19,20). The van der Waals surface area contributed by atoms with E-state index in [9.17, 15) is 19.2 Å². The first-order chi connectivity index (χ1) is 9.95. The van der Waals surface area contributed by atoms with Crippen molar-refractivity contribution >= 4 is 29.3 Å². The van der Waals surface area contributed by atoms with Crippen molar-refractivity contribution in [2.45, 2.75) is 19.4 Å². The van der Waals surface area contributed by atoms with Crippen LogP contribution < -0.4 is 10.6 Å². The van der Waals surface area contributed by atoms with Gasteiger partial charge in [0.2, 0.25) is 17.7 Å². The molecule has 2 heterocycles. The molecule has 21 heavy (non-hydrogen) atoms. The van der Waals surface area contributed by atoms with Crippen LogP contribution in [0.1, 0.15) is 22.8 Å². The SMILES string of the molecule is CC1C(=O)NC(=O)CN1C(=O)c1ccc2c(c1)CC(=O)N2. The van der Waals surface area contributed by atoms with E-state index >= 15 is 0 Å². The number of nitrogens with one attached hydrogen (secondary N) is 2. The molecule has 3 rings (SSSR count). The van der Waals surface area contributed by atoms with Crippen molar-refractivity contribution in [3.63, 3.8) is 0 Å². The Balaban J connectivity index is 1.88. The Morgan fingerprint density at radius 3 is 2.71 bits per heavy atom. The molecule has 2 aliphatic rings. The summed E-state index contributed by atoms with van der Waals surface area (Å²) in [7, 11) is 0.